The van der Waals surface area contributed by atoms with Crippen LogP contribution < -0.4 is 49.1 Å². The van der Waals surface area contributed by atoms with Crippen molar-refractivity contribution in [1.29, 1.82) is 0 Å². The number of aliphatic hydroxyl groups is 4. The lowest BCUT2D eigenvalue weighted by Crippen LogP contribution is -2.61. The predicted octanol–water partition coefficient (Wildman–Crippen LogP) is -1.44. The lowest BCUT2D eigenvalue weighted by molar-refractivity contribution is -0.146. The highest BCUT2D eigenvalue weighted by molar-refractivity contribution is 6.04. The molecule has 0 fully saturated rings. The van der Waals surface area contributed by atoms with Crippen LogP contribution in [0, 0.1) is 0 Å². The fourth-order valence-corrected chi connectivity index (χ4v) is 6.85. The highest BCUT2D eigenvalue weighted by Crippen LogP contribution is 2.27. The molecule has 1 aliphatic rings. The molecule has 0 aromatic heterocycles. The van der Waals surface area contributed by atoms with Gasteiger partial charge in [-0.05, 0) is 69.3 Å². The molecule has 0 aliphatic carbocycles. The summed E-state index contributed by atoms with van der Waals surface area (Å²) in [5.74, 6) is -4.64. The first-order chi connectivity index (χ1) is 33.0. The minimum Gasteiger partial charge on any atom is -0.477 e. The van der Waals surface area contributed by atoms with Gasteiger partial charge >= 0.3 is 18.2 Å². The van der Waals surface area contributed by atoms with E-state index in [-0.39, 0.29) is 36.4 Å². The summed E-state index contributed by atoms with van der Waals surface area (Å²) in [4.78, 5) is 92.1. The Balaban J connectivity index is 1.92. The summed E-state index contributed by atoms with van der Waals surface area (Å²) in [6.07, 6.45) is 1.51. The van der Waals surface area contributed by atoms with Gasteiger partial charge in [-0.1, -0.05) is 38.5 Å². The largest absolute Gasteiger partial charge is 0.477 e. The van der Waals surface area contributed by atoms with Gasteiger partial charge in [0.05, 0.1) is 25.3 Å². The topological polar surface area (TPSA) is 411 Å². The summed E-state index contributed by atoms with van der Waals surface area (Å²) in [6, 6.07) is 1.83. The van der Waals surface area contributed by atoms with Crippen molar-refractivity contribution in [2.24, 2.45) is 22.2 Å². The third-order valence-corrected chi connectivity index (χ3v) is 10.4. The Morgan fingerprint density at radius 1 is 0.681 bits per heavy atom. The number of aliphatic hydroxyl groups excluding tert-OH is 4. The third-order valence-electron chi connectivity index (χ3n) is 10.4. The van der Waals surface area contributed by atoms with Gasteiger partial charge in [-0.3, -0.25) is 19.2 Å². The van der Waals surface area contributed by atoms with E-state index >= 15 is 0 Å². The molecule has 6 atom stereocenters. The third kappa shape index (κ3) is 23.5. The van der Waals surface area contributed by atoms with E-state index in [1.807, 2.05) is 0 Å². The molecule has 69 heavy (non-hydrogen) atoms. The zero-order valence-electron chi connectivity index (χ0n) is 39.1. The van der Waals surface area contributed by atoms with Gasteiger partial charge in [0, 0.05) is 56.3 Å². The van der Waals surface area contributed by atoms with Crippen LogP contribution >= 0.6 is 0 Å². The fourth-order valence-electron chi connectivity index (χ4n) is 6.85. The maximum atomic E-state index is 13.3. The van der Waals surface area contributed by atoms with Crippen LogP contribution in [-0.2, 0) is 23.8 Å². The van der Waals surface area contributed by atoms with Crippen molar-refractivity contribution in [2.75, 3.05) is 59.1 Å². The van der Waals surface area contributed by atoms with E-state index in [4.69, 9.17) is 36.5 Å². The molecule has 0 saturated heterocycles. The molecule has 0 radical (unpaired) electrons. The Hall–Kier alpha value is -6.28. The zero-order valence-corrected chi connectivity index (χ0v) is 39.1. The van der Waals surface area contributed by atoms with Gasteiger partial charge in [0.15, 0.2) is 18.2 Å². The molecule has 388 valence electrons. The minimum atomic E-state index is -1.78. The SMILES string of the molecule is CC(=O)N[C@H]1[C@H]([C@H](OC(=O)NCCCCCCNC(=O)c2cc(C(=O)NCCCCCCN)cc(C(=O)NCCCCCCNC(=O)OC[C@H](O)CO)c2)[C@H](O)CO)OC(C(=O)O)=C[C@@H]1N=C(N)N. The zero-order chi connectivity index (χ0) is 51.1. The molecule has 17 N–H and O–H groups in total. The van der Waals surface area contributed by atoms with Crippen molar-refractivity contribution >= 4 is 47.7 Å². The highest BCUT2D eigenvalue weighted by Gasteiger charge is 2.46. The van der Waals surface area contributed by atoms with Gasteiger partial charge in [-0.15, -0.1) is 0 Å². The van der Waals surface area contributed by atoms with E-state index < -0.39 is 103 Å². The summed E-state index contributed by atoms with van der Waals surface area (Å²) in [6.45, 7) is 1.41. The second-order valence-electron chi connectivity index (χ2n) is 16.2. The summed E-state index contributed by atoms with van der Waals surface area (Å²) < 4.78 is 15.7. The van der Waals surface area contributed by atoms with Crippen LogP contribution in [0.25, 0.3) is 0 Å². The number of nitrogens with zero attached hydrogens (tertiary/aromatic N) is 1. The molecule has 0 saturated carbocycles. The van der Waals surface area contributed by atoms with Crippen LogP contribution in [0.1, 0.15) is 115 Å². The monoisotopic (exact) mass is 981 g/mol. The van der Waals surface area contributed by atoms with Crippen molar-refractivity contribution in [3.8, 4) is 0 Å². The van der Waals surface area contributed by atoms with Crippen LogP contribution in [0.3, 0.4) is 0 Å². The minimum absolute atomic E-state index is 0.105. The second-order valence-corrected chi connectivity index (χ2v) is 16.2. The average Bonchev–Trinajstić information content (AvgIpc) is 3.32. The summed E-state index contributed by atoms with van der Waals surface area (Å²) in [5, 5.41) is 64.1. The molecular formula is C44H72N10O15. The van der Waals surface area contributed by atoms with Crippen LogP contribution in [0.5, 0.6) is 0 Å². The summed E-state index contributed by atoms with van der Waals surface area (Å²) >= 11 is 0. The van der Waals surface area contributed by atoms with E-state index in [0.29, 0.717) is 64.7 Å². The molecule has 25 heteroatoms. The van der Waals surface area contributed by atoms with Gasteiger partial charge < -0.3 is 88.8 Å². The van der Waals surface area contributed by atoms with Crippen molar-refractivity contribution in [3.63, 3.8) is 0 Å². The molecule has 25 nitrogen and oxygen atoms in total. The molecule has 1 heterocycles. The van der Waals surface area contributed by atoms with Gasteiger partial charge in [0.1, 0.15) is 18.8 Å². The maximum absolute atomic E-state index is 13.3. The standard InChI is InChI=1S/C44H72N10O15/c1-27(57)53-35-32(54-42(46)47)23-34(41(63)64)68-37(35)36(33(59)25-56)69-44(66)52-19-13-7-5-11-17-50-40(62)30-21-28(38(60)48-15-9-3-2-8-14-45)20-29(22-30)39(61)49-16-10-4-6-12-18-51-43(65)67-26-31(58)24-55/h20-23,31-33,35-37,55-56,58-59H,2-19,24-26,45H2,1H3,(H,48,60)(H,49,61)(H,50,62)(H,51,65)(H,52,66)(H,53,57)(H,63,64)(H4,46,47,54)/t31-,32+,33-,35-,36-,37-/m1/s1. The van der Waals surface area contributed by atoms with Crippen LogP contribution in [0.2, 0.25) is 0 Å². The van der Waals surface area contributed by atoms with Crippen LogP contribution in [0.15, 0.2) is 35.0 Å². The highest BCUT2D eigenvalue weighted by atomic mass is 16.6. The normalized spacial score (nSPS) is 16.5. The molecular weight excluding hydrogens is 909 g/mol. The quantitative estimate of drug-likeness (QED) is 0.0218. The van der Waals surface area contributed by atoms with E-state index in [1.54, 1.807) is 0 Å². The molecule has 1 aliphatic heterocycles. The number of carboxylic acids is 1. The molecule has 1 aromatic carbocycles. The van der Waals surface area contributed by atoms with Crippen LogP contribution in [-0.4, -0.2) is 169 Å². The number of nitrogens with one attached hydrogen (secondary N) is 6. The summed E-state index contributed by atoms with van der Waals surface area (Å²) in [5.41, 5.74) is 17.0. The van der Waals surface area contributed by atoms with Crippen molar-refractivity contribution in [3.05, 3.63) is 46.7 Å². The number of unbranched alkanes of at least 4 members (excludes halogenated alkanes) is 9. The van der Waals surface area contributed by atoms with Crippen molar-refractivity contribution in [2.45, 2.75) is 120 Å². The molecule has 0 spiro atoms. The first-order valence-corrected chi connectivity index (χ1v) is 23.1. The van der Waals surface area contributed by atoms with Gasteiger partial charge in [0.2, 0.25) is 11.7 Å². The number of aliphatic carboxylic acids is 1. The number of carbonyl (C=O) groups excluding carboxylic acids is 6. The predicted molar refractivity (Wildman–Crippen MR) is 250 cm³/mol. The van der Waals surface area contributed by atoms with Crippen molar-refractivity contribution < 1.29 is 73.3 Å². The Kier molecular flexibility index (Phi) is 28.4. The average molecular weight is 981 g/mol. The number of hydrogen-bond donors (Lipinski definition) is 14. The number of amides is 6. The number of guanidine groups is 1. The molecule has 2 rings (SSSR count). The maximum Gasteiger partial charge on any atom is 0.407 e. The van der Waals surface area contributed by atoms with Crippen LogP contribution in [0.4, 0.5) is 9.59 Å². The molecule has 6 amide bonds. The Morgan fingerprint density at radius 2 is 1.13 bits per heavy atom. The summed E-state index contributed by atoms with van der Waals surface area (Å²) in [7, 11) is 0. The first kappa shape index (κ1) is 58.8. The number of alkyl carbamates (subject to hydrolysis) is 2. The smallest absolute Gasteiger partial charge is 0.407 e. The van der Waals surface area contributed by atoms with Gasteiger partial charge in [-0.2, -0.15) is 0 Å². The number of carbonyl (C=O) groups is 7. The first-order valence-electron chi connectivity index (χ1n) is 23.1. The number of aliphatic imine (C=N–C) groups is 1. The van der Waals surface area contributed by atoms with Gasteiger partial charge in [0.25, 0.3) is 17.7 Å². The molecule has 0 bridgehead atoms. The number of hydrogen-bond acceptors (Lipinski definition) is 16. The van der Waals surface area contributed by atoms with E-state index in [1.165, 1.54) is 18.2 Å². The fraction of sp³-hybridized carbons (Fsp3) is 0.636. The lowest BCUT2D eigenvalue weighted by atomic mass is 9.92. The number of ether oxygens (including phenoxy) is 3. The number of rotatable bonds is 33. The van der Waals surface area contributed by atoms with E-state index in [0.717, 1.165) is 51.5 Å². The Morgan fingerprint density at radius 3 is 1.54 bits per heavy atom. The van der Waals surface area contributed by atoms with Gasteiger partial charge in [-0.25, -0.2) is 19.4 Å². The number of nitrogens with two attached hydrogens (primary N) is 3. The molecule has 0 unspecified atom stereocenters. The molecule has 1 aromatic rings. The number of carboxylic acid groups (broad SMARTS) is 1. The second kappa shape index (κ2) is 33.3. The Bertz CT molecular complexity index is 1870. The number of benzene rings is 1. The van der Waals surface area contributed by atoms with Crippen molar-refractivity contribution in [1.82, 2.24) is 31.9 Å². The Labute approximate surface area is 400 Å². The van der Waals surface area contributed by atoms with E-state index in [2.05, 4.69) is 36.9 Å². The van der Waals surface area contributed by atoms with E-state index in [9.17, 15) is 54.0 Å². The lowest BCUT2D eigenvalue weighted by Gasteiger charge is -2.39.